The summed E-state index contributed by atoms with van der Waals surface area (Å²) in [5.74, 6) is 0. The van der Waals surface area contributed by atoms with Gasteiger partial charge in [-0.25, -0.2) is 0 Å². The molecule has 0 aliphatic heterocycles. The number of nitrogens with zero attached hydrogens (tertiary/aromatic N) is 1. The van der Waals surface area contributed by atoms with Crippen molar-refractivity contribution in [1.82, 2.24) is 5.32 Å². The molecule has 100 valence electrons. The quantitative estimate of drug-likeness (QED) is 0.455. The van der Waals surface area contributed by atoms with Crippen LogP contribution in [0.5, 0.6) is 0 Å². The van der Waals surface area contributed by atoms with Gasteiger partial charge in [-0.2, -0.15) is 5.26 Å². The molecule has 0 spiro atoms. The molecule has 0 fully saturated rings. The molecule has 0 aromatic rings. The van der Waals surface area contributed by atoms with Gasteiger partial charge in [0.1, 0.15) is 5.40 Å². The highest BCUT2D eigenvalue weighted by atomic mass is 32.2. The number of hydrogen-bond acceptors (Lipinski definition) is 5. The van der Waals surface area contributed by atoms with Crippen LogP contribution in [0, 0.1) is 10.7 Å². The second-order valence-corrected chi connectivity index (χ2v) is 5.37. The number of rotatable bonds is 11. The summed E-state index contributed by atoms with van der Waals surface area (Å²) in [5.41, 5.74) is 0. The molecule has 0 aliphatic rings. The normalized spacial score (nSPS) is 12.6. The molecule has 1 atom stereocenters. The first-order valence-electron chi connectivity index (χ1n) is 6.10. The first kappa shape index (κ1) is 16.7. The largest absolute Gasteiger partial charge is 0.379 e. The van der Waals surface area contributed by atoms with Gasteiger partial charge >= 0.3 is 0 Å². The van der Waals surface area contributed by atoms with E-state index in [4.69, 9.17) is 14.7 Å². The molecule has 0 aromatic carbocycles. The highest BCUT2D eigenvalue weighted by Crippen LogP contribution is 2.11. The van der Waals surface area contributed by atoms with Crippen molar-refractivity contribution in [3.8, 4) is 5.40 Å². The first-order valence-corrected chi connectivity index (χ1v) is 6.98. The van der Waals surface area contributed by atoms with Crippen molar-refractivity contribution in [2.45, 2.75) is 38.5 Å². The van der Waals surface area contributed by atoms with E-state index in [0.717, 1.165) is 19.6 Å². The zero-order valence-electron chi connectivity index (χ0n) is 11.1. The van der Waals surface area contributed by atoms with Gasteiger partial charge in [-0.1, -0.05) is 20.8 Å². The molecule has 0 aliphatic carbocycles. The molecule has 0 saturated carbocycles. The van der Waals surface area contributed by atoms with Gasteiger partial charge in [-0.15, -0.1) is 0 Å². The molecule has 0 unspecified atom stereocenters. The van der Waals surface area contributed by atoms with Gasteiger partial charge < -0.3 is 14.8 Å². The minimum Gasteiger partial charge on any atom is -0.379 e. The fourth-order valence-electron chi connectivity index (χ4n) is 1.14. The molecule has 1 N–H and O–H groups in total. The zero-order valence-corrected chi connectivity index (χ0v) is 11.9. The molecule has 0 aromatic heterocycles. The summed E-state index contributed by atoms with van der Waals surface area (Å²) in [6.45, 7) is 9.84. The van der Waals surface area contributed by atoms with Gasteiger partial charge in [0.05, 0.1) is 19.8 Å². The molecular weight excluding hydrogens is 236 g/mol. The van der Waals surface area contributed by atoms with Gasteiger partial charge in [0.2, 0.25) is 0 Å². The summed E-state index contributed by atoms with van der Waals surface area (Å²) >= 11 is 1.29. The maximum Gasteiger partial charge on any atom is 0.133 e. The van der Waals surface area contributed by atoms with E-state index in [9.17, 15) is 0 Å². The van der Waals surface area contributed by atoms with Crippen LogP contribution in [0.4, 0.5) is 0 Å². The van der Waals surface area contributed by atoms with Crippen LogP contribution in [0.2, 0.25) is 0 Å². The molecule has 4 nitrogen and oxygen atoms in total. The molecule has 0 radical (unpaired) electrons. The summed E-state index contributed by atoms with van der Waals surface area (Å²) in [4.78, 5) is 0. The topological polar surface area (TPSA) is 54.3 Å². The lowest BCUT2D eigenvalue weighted by molar-refractivity contribution is 0.0477. The fraction of sp³-hybridized carbons (Fsp3) is 0.917. The Bertz CT molecular complexity index is 207. The van der Waals surface area contributed by atoms with Gasteiger partial charge in [-0.3, -0.25) is 0 Å². The Kier molecular flexibility index (Phi) is 12.0. The number of thioether (sulfide) groups is 1. The van der Waals surface area contributed by atoms with Crippen LogP contribution in [0.1, 0.15) is 27.2 Å². The third-order valence-electron chi connectivity index (χ3n) is 2.09. The van der Waals surface area contributed by atoms with Crippen molar-refractivity contribution in [3.05, 3.63) is 0 Å². The summed E-state index contributed by atoms with van der Waals surface area (Å²) in [7, 11) is 0. The number of hydrogen-bond donors (Lipinski definition) is 1. The molecule has 17 heavy (non-hydrogen) atoms. The summed E-state index contributed by atoms with van der Waals surface area (Å²) in [5, 5.41) is 14.1. The second kappa shape index (κ2) is 12.2. The summed E-state index contributed by atoms with van der Waals surface area (Å²) in [6.07, 6.45) is 0.910. The zero-order chi connectivity index (χ0) is 12.9. The third kappa shape index (κ3) is 13.7. The fourth-order valence-corrected chi connectivity index (χ4v) is 1.53. The maximum absolute atomic E-state index is 8.45. The van der Waals surface area contributed by atoms with Crippen LogP contribution in [0.25, 0.3) is 0 Å². The third-order valence-corrected chi connectivity index (χ3v) is 2.84. The first-order chi connectivity index (χ1) is 8.16. The van der Waals surface area contributed by atoms with Gasteiger partial charge in [0.25, 0.3) is 0 Å². The molecule has 0 heterocycles. The standard InChI is InChI=1S/C12H24N2O2S/c1-11(2)14-5-7-16-9-8-15-6-4-12(3)17-10-13/h11-12,14H,4-9H2,1-3H3/t12-/m0/s1. The van der Waals surface area contributed by atoms with Gasteiger partial charge in [0.15, 0.2) is 0 Å². The predicted molar refractivity (Wildman–Crippen MR) is 72.1 cm³/mol. The molecule has 5 heteroatoms. The van der Waals surface area contributed by atoms with E-state index in [1.807, 2.05) is 6.92 Å². The van der Waals surface area contributed by atoms with Crippen molar-refractivity contribution in [1.29, 1.82) is 5.26 Å². The molecular formula is C12H24N2O2S. The van der Waals surface area contributed by atoms with Gasteiger partial charge in [-0.05, 0) is 18.2 Å². The Hall–Kier alpha value is -0.280. The van der Waals surface area contributed by atoms with E-state index in [2.05, 4.69) is 24.6 Å². The Morgan fingerprint density at radius 2 is 1.76 bits per heavy atom. The SMILES string of the molecule is CC(C)NCCOCCOCC[C@H](C)SC#N. The van der Waals surface area contributed by atoms with Crippen molar-refractivity contribution in [2.24, 2.45) is 0 Å². The lowest BCUT2D eigenvalue weighted by atomic mass is 10.3. The monoisotopic (exact) mass is 260 g/mol. The molecule has 0 rings (SSSR count). The maximum atomic E-state index is 8.45. The Balaban J connectivity index is 3.06. The van der Waals surface area contributed by atoms with Gasteiger partial charge in [0, 0.05) is 24.4 Å². The lowest BCUT2D eigenvalue weighted by Gasteiger charge is -2.09. The van der Waals surface area contributed by atoms with E-state index >= 15 is 0 Å². The van der Waals surface area contributed by atoms with Crippen molar-refractivity contribution in [3.63, 3.8) is 0 Å². The highest BCUT2D eigenvalue weighted by molar-refractivity contribution is 8.04. The molecule has 0 amide bonds. The lowest BCUT2D eigenvalue weighted by Crippen LogP contribution is -2.27. The Morgan fingerprint density at radius 3 is 2.35 bits per heavy atom. The summed E-state index contributed by atoms with van der Waals surface area (Å²) in [6, 6.07) is 0.508. The van der Waals surface area contributed by atoms with E-state index in [0.29, 0.717) is 31.1 Å². The molecule has 0 saturated heterocycles. The van der Waals surface area contributed by atoms with Crippen molar-refractivity contribution in [2.75, 3.05) is 33.0 Å². The van der Waals surface area contributed by atoms with Crippen LogP contribution in [0.3, 0.4) is 0 Å². The van der Waals surface area contributed by atoms with E-state index in [1.165, 1.54) is 11.8 Å². The minimum absolute atomic E-state index is 0.344. The predicted octanol–water partition coefficient (Wildman–Crippen LogP) is 2.01. The van der Waals surface area contributed by atoms with E-state index in [-0.39, 0.29) is 0 Å². The second-order valence-electron chi connectivity index (χ2n) is 4.14. The van der Waals surface area contributed by atoms with Crippen LogP contribution < -0.4 is 5.32 Å². The average Bonchev–Trinajstić information content (AvgIpc) is 2.27. The van der Waals surface area contributed by atoms with Crippen molar-refractivity contribution >= 4 is 11.8 Å². The van der Waals surface area contributed by atoms with Crippen molar-refractivity contribution < 1.29 is 9.47 Å². The number of nitriles is 1. The highest BCUT2D eigenvalue weighted by Gasteiger charge is 2.01. The molecule has 0 bridgehead atoms. The Labute approximate surface area is 109 Å². The smallest absolute Gasteiger partial charge is 0.133 e. The number of ether oxygens (including phenoxy) is 2. The minimum atomic E-state index is 0.344. The van der Waals surface area contributed by atoms with Crippen LogP contribution >= 0.6 is 11.8 Å². The summed E-state index contributed by atoms with van der Waals surface area (Å²) < 4.78 is 10.8. The van der Waals surface area contributed by atoms with E-state index in [1.54, 1.807) is 0 Å². The van der Waals surface area contributed by atoms with Crippen LogP contribution in [-0.2, 0) is 9.47 Å². The van der Waals surface area contributed by atoms with Crippen LogP contribution in [-0.4, -0.2) is 44.3 Å². The average molecular weight is 260 g/mol. The number of thiocyanates is 1. The number of nitrogens with one attached hydrogen (secondary N) is 1. The Morgan fingerprint density at radius 1 is 1.12 bits per heavy atom. The van der Waals surface area contributed by atoms with E-state index < -0.39 is 0 Å². The van der Waals surface area contributed by atoms with Crippen LogP contribution in [0.15, 0.2) is 0 Å².